The monoisotopic (exact) mass is 289 g/mol. The first kappa shape index (κ1) is 13.3. The summed E-state index contributed by atoms with van der Waals surface area (Å²) in [5.41, 5.74) is 2.91. The van der Waals surface area contributed by atoms with E-state index in [9.17, 15) is 8.42 Å². The standard InChI is InChI=1S/C15H15NO3S/c1-11-7-9-13(10-8-11)20(17,18)16-15(19-16)14-6-4-3-5-12(14)2/h3-10,15H,1-2H3/t15-,16?/m0/s1. The molecule has 0 saturated carbocycles. The second kappa shape index (κ2) is 4.70. The molecule has 5 heteroatoms. The van der Waals surface area contributed by atoms with Gasteiger partial charge in [-0.25, -0.2) is 8.42 Å². The van der Waals surface area contributed by atoms with E-state index in [2.05, 4.69) is 0 Å². The van der Waals surface area contributed by atoms with E-state index in [0.717, 1.165) is 21.2 Å². The molecule has 0 aromatic heterocycles. The topological polar surface area (TPSA) is 49.7 Å². The third kappa shape index (κ3) is 2.24. The summed E-state index contributed by atoms with van der Waals surface area (Å²) >= 11 is 0. The molecule has 1 saturated heterocycles. The lowest BCUT2D eigenvalue weighted by Gasteiger charge is -2.04. The first-order valence-corrected chi connectivity index (χ1v) is 7.77. The fraction of sp³-hybridized carbons (Fsp3) is 0.200. The predicted octanol–water partition coefficient (Wildman–Crippen LogP) is 2.94. The molecule has 20 heavy (non-hydrogen) atoms. The Morgan fingerprint density at radius 3 is 2.30 bits per heavy atom. The Hall–Kier alpha value is -1.69. The Bertz CT molecular complexity index is 738. The summed E-state index contributed by atoms with van der Waals surface area (Å²) in [6.45, 7) is 3.86. The van der Waals surface area contributed by atoms with Crippen LogP contribution in [0.1, 0.15) is 22.9 Å². The van der Waals surface area contributed by atoms with Crippen molar-refractivity contribution in [1.82, 2.24) is 4.47 Å². The van der Waals surface area contributed by atoms with Crippen molar-refractivity contribution < 1.29 is 13.3 Å². The van der Waals surface area contributed by atoms with Gasteiger partial charge in [0.05, 0.1) is 4.90 Å². The van der Waals surface area contributed by atoms with Crippen LogP contribution < -0.4 is 0 Å². The summed E-state index contributed by atoms with van der Waals surface area (Å²) in [4.78, 5) is 5.53. The Kier molecular flexibility index (Phi) is 3.12. The molecule has 0 amide bonds. The summed E-state index contributed by atoms with van der Waals surface area (Å²) in [6.07, 6.45) is -0.512. The Balaban J connectivity index is 1.89. The van der Waals surface area contributed by atoms with E-state index in [-0.39, 0.29) is 4.90 Å². The van der Waals surface area contributed by atoms with Gasteiger partial charge in [0.25, 0.3) is 10.0 Å². The van der Waals surface area contributed by atoms with Crippen LogP contribution in [0.5, 0.6) is 0 Å². The molecule has 2 aromatic carbocycles. The van der Waals surface area contributed by atoms with Crippen molar-refractivity contribution in [1.29, 1.82) is 0 Å². The van der Waals surface area contributed by atoms with Gasteiger partial charge in [0.1, 0.15) is 0 Å². The summed E-state index contributed by atoms with van der Waals surface area (Å²) in [7, 11) is -3.59. The van der Waals surface area contributed by atoms with Crippen LogP contribution in [-0.2, 0) is 14.9 Å². The van der Waals surface area contributed by atoms with Gasteiger partial charge in [-0.15, -0.1) is 0 Å². The van der Waals surface area contributed by atoms with Gasteiger partial charge in [-0.2, -0.15) is 0 Å². The molecule has 1 heterocycles. The van der Waals surface area contributed by atoms with Gasteiger partial charge >= 0.3 is 0 Å². The molecular weight excluding hydrogens is 274 g/mol. The molecule has 1 fully saturated rings. The van der Waals surface area contributed by atoms with Gasteiger partial charge in [0.2, 0.25) is 0 Å². The SMILES string of the molecule is Cc1ccc(S(=O)(=O)N2O[C@H]2c2ccccc2C)cc1. The van der Waals surface area contributed by atoms with Crippen LogP contribution in [0.25, 0.3) is 0 Å². The highest BCUT2D eigenvalue weighted by atomic mass is 32.2. The molecule has 1 aliphatic rings. The minimum Gasteiger partial charge on any atom is -0.253 e. The molecule has 0 bridgehead atoms. The lowest BCUT2D eigenvalue weighted by Crippen LogP contribution is -2.12. The zero-order valence-electron chi connectivity index (χ0n) is 11.3. The zero-order chi connectivity index (χ0) is 14.3. The number of nitrogens with zero attached hydrogens (tertiary/aromatic N) is 1. The Morgan fingerprint density at radius 2 is 1.65 bits per heavy atom. The molecule has 2 atom stereocenters. The highest BCUT2D eigenvalue weighted by Crippen LogP contribution is 2.43. The van der Waals surface area contributed by atoms with Crippen LogP contribution in [0.15, 0.2) is 53.4 Å². The second-order valence-electron chi connectivity index (χ2n) is 4.89. The van der Waals surface area contributed by atoms with Crippen molar-refractivity contribution in [2.24, 2.45) is 0 Å². The number of sulfonamides is 1. The molecule has 3 rings (SSSR count). The van der Waals surface area contributed by atoms with Crippen LogP contribution in [0.4, 0.5) is 0 Å². The van der Waals surface area contributed by atoms with E-state index in [1.807, 2.05) is 38.1 Å². The van der Waals surface area contributed by atoms with Gasteiger partial charge in [-0.05, 0) is 36.0 Å². The summed E-state index contributed by atoms with van der Waals surface area (Å²) < 4.78 is 25.9. The normalized spacial score (nSPS) is 21.7. The first-order chi connectivity index (χ1) is 9.50. The number of hydrogen-bond donors (Lipinski definition) is 0. The molecule has 1 aliphatic heterocycles. The highest BCUT2D eigenvalue weighted by Gasteiger charge is 2.49. The minimum atomic E-state index is -3.59. The van der Waals surface area contributed by atoms with Crippen LogP contribution >= 0.6 is 0 Å². The average molecular weight is 289 g/mol. The number of benzene rings is 2. The first-order valence-electron chi connectivity index (χ1n) is 6.33. The highest BCUT2D eigenvalue weighted by molar-refractivity contribution is 7.89. The maximum absolute atomic E-state index is 12.4. The molecular formula is C15H15NO3S. The van der Waals surface area contributed by atoms with E-state index >= 15 is 0 Å². The van der Waals surface area contributed by atoms with E-state index < -0.39 is 16.3 Å². The van der Waals surface area contributed by atoms with Gasteiger partial charge in [0, 0.05) is 5.56 Å². The predicted molar refractivity (Wildman–Crippen MR) is 75.2 cm³/mol. The van der Waals surface area contributed by atoms with Crippen LogP contribution in [-0.4, -0.2) is 12.9 Å². The van der Waals surface area contributed by atoms with E-state index in [1.165, 1.54) is 0 Å². The number of aryl methyl sites for hydroxylation is 2. The van der Waals surface area contributed by atoms with Crippen LogP contribution in [0.2, 0.25) is 0 Å². The Labute approximate surface area is 118 Å². The fourth-order valence-corrected chi connectivity index (χ4v) is 3.35. The van der Waals surface area contributed by atoms with Crippen molar-refractivity contribution >= 4 is 10.0 Å². The largest absolute Gasteiger partial charge is 0.267 e. The van der Waals surface area contributed by atoms with Crippen molar-refractivity contribution in [2.45, 2.75) is 25.0 Å². The average Bonchev–Trinajstić information content (AvgIpc) is 3.20. The van der Waals surface area contributed by atoms with Gasteiger partial charge in [-0.3, -0.25) is 4.84 Å². The lowest BCUT2D eigenvalue weighted by molar-refractivity contribution is 0.283. The summed E-state index contributed by atoms with van der Waals surface area (Å²) in [5, 5.41) is 0. The van der Waals surface area contributed by atoms with E-state index in [1.54, 1.807) is 24.3 Å². The van der Waals surface area contributed by atoms with Gasteiger partial charge in [-0.1, -0.05) is 42.0 Å². The molecule has 0 aliphatic carbocycles. The smallest absolute Gasteiger partial charge is 0.253 e. The fourth-order valence-electron chi connectivity index (χ4n) is 2.10. The maximum atomic E-state index is 12.4. The van der Waals surface area contributed by atoms with Crippen LogP contribution in [0, 0.1) is 13.8 Å². The third-order valence-corrected chi connectivity index (χ3v) is 4.98. The summed E-state index contributed by atoms with van der Waals surface area (Å²) in [5.74, 6) is 0. The molecule has 0 radical (unpaired) electrons. The van der Waals surface area contributed by atoms with Gasteiger partial charge in [0.15, 0.2) is 6.23 Å². The van der Waals surface area contributed by atoms with Crippen molar-refractivity contribution in [3.05, 3.63) is 65.2 Å². The maximum Gasteiger partial charge on any atom is 0.267 e. The summed E-state index contributed by atoms with van der Waals surface area (Å²) in [6, 6.07) is 14.4. The molecule has 4 nitrogen and oxygen atoms in total. The quantitative estimate of drug-likeness (QED) is 0.816. The second-order valence-corrected chi connectivity index (χ2v) is 6.67. The molecule has 1 unspecified atom stereocenters. The van der Waals surface area contributed by atoms with Crippen LogP contribution in [0.3, 0.4) is 0 Å². The Morgan fingerprint density at radius 1 is 1.00 bits per heavy atom. The molecule has 0 spiro atoms. The minimum absolute atomic E-state index is 0.249. The van der Waals surface area contributed by atoms with Gasteiger partial charge < -0.3 is 0 Å². The lowest BCUT2D eigenvalue weighted by atomic mass is 10.1. The van der Waals surface area contributed by atoms with Crippen molar-refractivity contribution in [3.63, 3.8) is 0 Å². The van der Waals surface area contributed by atoms with E-state index in [0.29, 0.717) is 0 Å². The number of hydroxylamine groups is 1. The third-order valence-electron chi connectivity index (χ3n) is 3.36. The van der Waals surface area contributed by atoms with E-state index in [4.69, 9.17) is 4.84 Å². The molecule has 2 aromatic rings. The van der Waals surface area contributed by atoms with Crippen molar-refractivity contribution in [2.75, 3.05) is 0 Å². The zero-order valence-corrected chi connectivity index (χ0v) is 12.1. The molecule has 104 valence electrons. The number of hydrogen-bond acceptors (Lipinski definition) is 3. The number of rotatable bonds is 3. The molecule has 0 N–H and O–H groups in total. The van der Waals surface area contributed by atoms with Crippen molar-refractivity contribution in [3.8, 4) is 0 Å².